The first kappa shape index (κ1) is 22.8. The van der Waals surface area contributed by atoms with E-state index in [9.17, 15) is 22.8 Å². The van der Waals surface area contributed by atoms with Gasteiger partial charge >= 0.3 is 12.2 Å². The van der Waals surface area contributed by atoms with E-state index in [1.54, 1.807) is 25.1 Å². The van der Waals surface area contributed by atoms with E-state index in [1.165, 1.54) is 17.0 Å². The van der Waals surface area contributed by atoms with E-state index in [0.717, 1.165) is 12.1 Å². The minimum absolute atomic E-state index is 0.0193. The maximum atomic E-state index is 12.6. The zero-order valence-corrected chi connectivity index (χ0v) is 16.8. The largest absolute Gasteiger partial charge is 0.416 e. The Hall–Kier alpha value is -2.45. The minimum atomic E-state index is -4.42. The molecule has 0 aliphatic carbocycles. The molecule has 0 unspecified atom stereocenters. The lowest BCUT2D eigenvalue weighted by molar-refractivity contribution is -0.137. The zero-order valence-electron chi connectivity index (χ0n) is 15.3. The van der Waals surface area contributed by atoms with Gasteiger partial charge in [0, 0.05) is 13.1 Å². The van der Waals surface area contributed by atoms with E-state index in [2.05, 4.69) is 10.6 Å². The maximum Gasteiger partial charge on any atom is 0.416 e. The number of alkyl halides is 3. The van der Waals surface area contributed by atoms with E-state index < -0.39 is 23.7 Å². The number of rotatable bonds is 6. The molecule has 3 amide bonds. The molecule has 0 saturated heterocycles. The minimum Gasteiger partial charge on any atom is -0.334 e. The quantitative estimate of drug-likeness (QED) is 0.640. The molecule has 0 spiro atoms. The molecule has 2 N–H and O–H groups in total. The van der Waals surface area contributed by atoms with Crippen molar-refractivity contribution in [3.05, 3.63) is 63.6 Å². The van der Waals surface area contributed by atoms with Crippen molar-refractivity contribution < 1.29 is 22.8 Å². The number of urea groups is 1. The molecule has 29 heavy (non-hydrogen) atoms. The Kier molecular flexibility index (Phi) is 7.75. The van der Waals surface area contributed by atoms with Crippen LogP contribution in [-0.4, -0.2) is 29.9 Å². The molecule has 0 aliphatic heterocycles. The van der Waals surface area contributed by atoms with Gasteiger partial charge < -0.3 is 15.5 Å². The summed E-state index contributed by atoms with van der Waals surface area (Å²) in [5, 5.41) is 5.66. The van der Waals surface area contributed by atoms with Crippen molar-refractivity contribution in [1.29, 1.82) is 0 Å². The van der Waals surface area contributed by atoms with Crippen LogP contribution in [0, 0.1) is 0 Å². The summed E-state index contributed by atoms with van der Waals surface area (Å²) >= 11 is 12.0. The normalized spacial score (nSPS) is 11.1. The van der Waals surface area contributed by atoms with Crippen molar-refractivity contribution in [2.24, 2.45) is 0 Å². The summed E-state index contributed by atoms with van der Waals surface area (Å²) in [7, 11) is 0. The molecular formula is C19H18Cl2F3N3O2. The van der Waals surface area contributed by atoms with Crippen LogP contribution >= 0.6 is 23.2 Å². The zero-order chi connectivity index (χ0) is 21.6. The molecule has 0 saturated carbocycles. The Morgan fingerprint density at radius 3 is 2.14 bits per heavy atom. The number of anilines is 1. The van der Waals surface area contributed by atoms with Crippen molar-refractivity contribution >= 4 is 40.8 Å². The molecule has 2 rings (SSSR count). The van der Waals surface area contributed by atoms with Gasteiger partial charge in [0.1, 0.15) is 6.54 Å². The molecule has 5 nitrogen and oxygen atoms in total. The molecule has 2 aromatic rings. The fraction of sp³-hybridized carbons (Fsp3) is 0.263. The van der Waals surface area contributed by atoms with Crippen molar-refractivity contribution in [2.45, 2.75) is 19.6 Å². The molecule has 0 fully saturated rings. The number of benzene rings is 2. The Balaban J connectivity index is 1.92. The van der Waals surface area contributed by atoms with E-state index in [-0.39, 0.29) is 35.4 Å². The van der Waals surface area contributed by atoms with Crippen LogP contribution in [0.2, 0.25) is 10.0 Å². The van der Waals surface area contributed by atoms with Gasteiger partial charge in [-0.3, -0.25) is 4.79 Å². The first-order valence-electron chi connectivity index (χ1n) is 8.54. The fourth-order valence-corrected chi connectivity index (χ4v) is 2.89. The molecule has 156 valence electrons. The topological polar surface area (TPSA) is 61.4 Å². The molecule has 2 aromatic carbocycles. The molecule has 0 heterocycles. The highest BCUT2D eigenvalue weighted by molar-refractivity contribution is 6.39. The molecular weight excluding hydrogens is 430 g/mol. The number of nitrogens with one attached hydrogen (secondary N) is 2. The lowest BCUT2D eigenvalue weighted by Gasteiger charge is -2.21. The van der Waals surface area contributed by atoms with Gasteiger partial charge in [-0.2, -0.15) is 13.2 Å². The van der Waals surface area contributed by atoms with Crippen molar-refractivity contribution in [3.8, 4) is 0 Å². The highest BCUT2D eigenvalue weighted by atomic mass is 35.5. The Labute approximate surface area is 175 Å². The van der Waals surface area contributed by atoms with E-state index in [4.69, 9.17) is 23.2 Å². The summed E-state index contributed by atoms with van der Waals surface area (Å²) in [5.41, 5.74) is -0.0191. The number of amides is 3. The predicted molar refractivity (Wildman–Crippen MR) is 106 cm³/mol. The predicted octanol–water partition coefficient (Wildman–Crippen LogP) is 5.18. The molecule has 0 atom stereocenters. The highest BCUT2D eigenvalue weighted by Crippen LogP contribution is 2.30. The van der Waals surface area contributed by atoms with E-state index >= 15 is 0 Å². The average Bonchev–Trinajstić information content (AvgIpc) is 2.67. The van der Waals surface area contributed by atoms with Crippen LogP contribution in [0.3, 0.4) is 0 Å². The number of para-hydroxylation sites is 1. The number of hydrogen-bond acceptors (Lipinski definition) is 2. The Morgan fingerprint density at radius 1 is 1.03 bits per heavy atom. The van der Waals surface area contributed by atoms with Crippen LogP contribution in [0.25, 0.3) is 0 Å². The summed E-state index contributed by atoms with van der Waals surface area (Å²) in [6.45, 7) is 1.69. The third kappa shape index (κ3) is 6.54. The number of halogens is 5. The third-order valence-corrected chi connectivity index (χ3v) is 4.59. The van der Waals surface area contributed by atoms with Gasteiger partial charge in [0.2, 0.25) is 5.91 Å². The van der Waals surface area contributed by atoms with E-state index in [0.29, 0.717) is 5.56 Å². The van der Waals surface area contributed by atoms with Gasteiger partial charge in [0.05, 0.1) is 21.3 Å². The summed E-state index contributed by atoms with van der Waals surface area (Å²) < 4.78 is 37.7. The SMILES string of the molecule is CCN(CC(=O)Nc1c(Cl)cccc1Cl)C(=O)NCc1ccc(C(F)(F)F)cc1. The monoisotopic (exact) mass is 447 g/mol. The standard InChI is InChI=1S/C19H18Cl2F3N3O2/c1-2-27(11-16(28)26-17-14(20)4-3-5-15(17)21)18(29)25-10-12-6-8-13(9-7-12)19(22,23)24/h3-9H,2,10-11H2,1H3,(H,25,29)(H,26,28). The number of nitrogens with zero attached hydrogens (tertiary/aromatic N) is 1. The molecule has 10 heteroatoms. The van der Waals surface area contributed by atoms with Gasteiger partial charge in [-0.25, -0.2) is 4.79 Å². The molecule has 0 bridgehead atoms. The Bertz CT molecular complexity index is 854. The van der Waals surface area contributed by atoms with Crippen molar-refractivity contribution in [2.75, 3.05) is 18.4 Å². The third-order valence-electron chi connectivity index (χ3n) is 3.96. The second-order valence-corrected chi connectivity index (χ2v) is 6.83. The van der Waals surface area contributed by atoms with Crippen LogP contribution in [-0.2, 0) is 17.5 Å². The smallest absolute Gasteiger partial charge is 0.334 e. The van der Waals surface area contributed by atoms with Gasteiger partial charge in [-0.15, -0.1) is 0 Å². The number of carbonyl (C=O) groups is 2. The molecule has 0 aromatic heterocycles. The molecule has 0 aliphatic rings. The number of hydrogen-bond donors (Lipinski definition) is 2. The maximum absolute atomic E-state index is 12.6. The highest BCUT2D eigenvalue weighted by Gasteiger charge is 2.29. The van der Waals surface area contributed by atoms with E-state index in [1.807, 2.05) is 0 Å². The second-order valence-electron chi connectivity index (χ2n) is 6.01. The lowest BCUT2D eigenvalue weighted by Crippen LogP contribution is -2.43. The van der Waals surface area contributed by atoms with Crippen LogP contribution in [0.5, 0.6) is 0 Å². The first-order chi connectivity index (χ1) is 13.6. The van der Waals surface area contributed by atoms with Crippen LogP contribution in [0.1, 0.15) is 18.1 Å². The second kappa shape index (κ2) is 9.84. The van der Waals surface area contributed by atoms with Crippen LogP contribution in [0.15, 0.2) is 42.5 Å². The van der Waals surface area contributed by atoms with Crippen LogP contribution in [0.4, 0.5) is 23.7 Å². The van der Waals surface area contributed by atoms with Gasteiger partial charge in [0.15, 0.2) is 0 Å². The van der Waals surface area contributed by atoms with Crippen molar-refractivity contribution in [3.63, 3.8) is 0 Å². The molecule has 0 radical (unpaired) electrons. The fourth-order valence-electron chi connectivity index (χ4n) is 2.40. The summed E-state index contributed by atoms with van der Waals surface area (Å²) in [6, 6.07) is 8.69. The van der Waals surface area contributed by atoms with Gasteiger partial charge in [0.25, 0.3) is 0 Å². The summed E-state index contributed by atoms with van der Waals surface area (Å²) in [4.78, 5) is 25.8. The Morgan fingerprint density at radius 2 is 1.62 bits per heavy atom. The van der Waals surface area contributed by atoms with Crippen molar-refractivity contribution in [1.82, 2.24) is 10.2 Å². The van der Waals surface area contributed by atoms with Gasteiger partial charge in [-0.05, 0) is 36.8 Å². The summed E-state index contributed by atoms with van der Waals surface area (Å²) in [6.07, 6.45) is -4.42. The first-order valence-corrected chi connectivity index (χ1v) is 9.30. The average molecular weight is 448 g/mol. The summed E-state index contributed by atoms with van der Waals surface area (Å²) in [5.74, 6) is -0.494. The lowest BCUT2D eigenvalue weighted by atomic mass is 10.1. The number of likely N-dealkylation sites (N-methyl/N-ethyl adjacent to an activating group) is 1. The van der Waals surface area contributed by atoms with Gasteiger partial charge in [-0.1, -0.05) is 41.4 Å². The number of carbonyl (C=O) groups excluding carboxylic acids is 2. The van der Waals surface area contributed by atoms with Crippen LogP contribution < -0.4 is 10.6 Å².